The van der Waals surface area contributed by atoms with E-state index >= 15 is 0 Å². The zero-order chi connectivity index (χ0) is 20.5. The SMILES string of the molecule is CC(NC(=O)Cn1c2ccccc2c(=O)c2ccccc21)c1ccc(F)cc1F. The Bertz CT molecular complexity index is 1240. The molecule has 1 unspecified atom stereocenters. The van der Waals surface area contributed by atoms with Gasteiger partial charge < -0.3 is 9.88 Å². The van der Waals surface area contributed by atoms with Crippen LogP contribution in [-0.2, 0) is 11.3 Å². The van der Waals surface area contributed by atoms with Crippen molar-refractivity contribution in [3.8, 4) is 0 Å². The van der Waals surface area contributed by atoms with Gasteiger partial charge in [0.2, 0.25) is 5.91 Å². The second-order valence-electron chi connectivity index (χ2n) is 6.90. The van der Waals surface area contributed by atoms with Crippen molar-refractivity contribution in [1.29, 1.82) is 0 Å². The number of fused-ring (bicyclic) bond motifs is 2. The van der Waals surface area contributed by atoms with Crippen LogP contribution >= 0.6 is 0 Å². The van der Waals surface area contributed by atoms with Crippen molar-refractivity contribution in [2.75, 3.05) is 0 Å². The van der Waals surface area contributed by atoms with Crippen molar-refractivity contribution < 1.29 is 13.6 Å². The van der Waals surface area contributed by atoms with Crippen LogP contribution in [0.1, 0.15) is 18.5 Å². The van der Waals surface area contributed by atoms with Crippen molar-refractivity contribution in [3.05, 3.63) is 94.2 Å². The van der Waals surface area contributed by atoms with Crippen LogP contribution in [0.5, 0.6) is 0 Å². The molecule has 29 heavy (non-hydrogen) atoms. The van der Waals surface area contributed by atoms with Gasteiger partial charge in [-0.2, -0.15) is 0 Å². The molecule has 0 aliphatic carbocycles. The maximum atomic E-state index is 14.0. The number of halogens is 2. The third kappa shape index (κ3) is 3.49. The van der Waals surface area contributed by atoms with Crippen LogP contribution < -0.4 is 10.7 Å². The Hall–Kier alpha value is -3.54. The number of hydrogen-bond donors (Lipinski definition) is 1. The third-order valence-corrected chi connectivity index (χ3v) is 4.99. The highest BCUT2D eigenvalue weighted by Gasteiger charge is 2.17. The Morgan fingerprint density at radius 2 is 1.55 bits per heavy atom. The molecule has 4 aromatic rings. The molecule has 0 radical (unpaired) electrons. The van der Waals surface area contributed by atoms with Gasteiger partial charge in [0.15, 0.2) is 5.43 Å². The van der Waals surface area contributed by atoms with Gasteiger partial charge in [-0.05, 0) is 37.3 Å². The van der Waals surface area contributed by atoms with Gasteiger partial charge >= 0.3 is 0 Å². The van der Waals surface area contributed by atoms with Crippen molar-refractivity contribution in [1.82, 2.24) is 9.88 Å². The number of carbonyl (C=O) groups excluding carboxylic acids is 1. The van der Waals surface area contributed by atoms with E-state index in [9.17, 15) is 18.4 Å². The van der Waals surface area contributed by atoms with E-state index in [1.807, 2.05) is 12.1 Å². The Morgan fingerprint density at radius 3 is 2.14 bits per heavy atom. The first kappa shape index (κ1) is 18.8. The van der Waals surface area contributed by atoms with Crippen LogP contribution in [0, 0.1) is 11.6 Å². The highest BCUT2D eigenvalue weighted by atomic mass is 19.1. The van der Waals surface area contributed by atoms with Gasteiger partial charge in [-0.3, -0.25) is 9.59 Å². The van der Waals surface area contributed by atoms with E-state index in [2.05, 4.69) is 5.32 Å². The number of carbonyl (C=O) groups is 1. The second kappa shape index (κ2) is 7.47. The summed E-state index contributed by atoms with van der Waals surface area (Å²) in [6.45, 7) is 1.59. The minimum atomic E-state index is -0.711. The number of rotatable bonds is 4. The largest absolute Gasteiger partial charge is 0.348 e. The smallest absolute Gasteiger partial charge is 0.240 e. The third-order valence-electron chi connectivity index (χ3n) is 4.99. The molecule has 1 heterocycles. The molecule has 0 spiro atoms. The standard InChI is InChI=1S/C23H18F2N2O2/c1-14(16-11-10-15(24)12-19(16)25)26-22(28)13-27-20-8-4-2-6-17(20)23(29)18-7-3-5-9-21(18)27/h2-12,14H,13H2,1H3,(H,26,28). The Morgan fingerprint density at radius 1 is 0.966 bits per heavy atom. The van der Waals surface area contributed by atoms with Gasteiger partial charge in [0.1, 0.15) is 18.2 Å². The number of amides is 1. The van der Waals surface area contributed by atoms with Crippen LogP contribution in [0.3, 0.4) is 0 Å². The van der Waals surface area contributed by atoms with Crippen molar-refractivity contribution in [2.45, 2.75) is 19.5 Å². The van der Waals surface area contributed by atoms with Gasteiger partial charge in [0, 0.05) is 22.4 Å². The van der Waals surface area contributed by atoms with Gasteiger partial charge in [-0.25, -0.2) is 8.78 Å². The fraction of sp³-hybridized carbons (Fsp3) is 0.130. The molecule has 1 aromatic heterocycles. The van der Waals surface area contributed by atoms with Gasteiger partial charge in [-0.15, -0.1) is 0 Å². The molecule has 0 aliphatic rings. The minimum Gasteiger partial charge on any atom is -0.348 e. The number of hydrogen-bond acceptors (Lipinski definition) is 2. The lowest BCUT2D eigenvalue weighted by atomic mass is 10.1. The molecule has 146 valence electrons. The molecular weight excluding hydrogens is 374 g/mol. The summed E-state index contributed by atoms with van der Waals surface area (Å²) in [7, 11) is 0. The van der Waals surface area contributed by atoms with E-state index in [4.69, 9.17) is 0 Å². The van der Waals surface area contributed by atoms with Gasteiger partial charge in [0.05, 0.1) is 17.1 Å². The van der Waals surface area contributed by atoms with E-state index in [0.717, 1.165) is 12.1 Å². The number of nitrogens with zero attached hydrogens (tertiary/aromatic N) is 1. The number of nitrogens with one attached hydrogen (secondary N) is 1. The molecule has 6 heteroatoms. The van der Waals surface area contributed by atoms with Crippen LogP contribution in [0.25, 0.3) is 21.8 Å². The first-order valence-corrected chi connectivity index (χ1v) is 9.20. The lowest BCUT2D eigenvalue weighted by molar-refractivity contribution is -0.122. The highest BCUT2D eigenvalue weighted by Crippen LogP contribution is 2.20. The van der Waals surface area contributed by atoms with E-state index in [-0.39, 0.29) is 23.4 Å². The quantitative estimate of drug-likeness (QED) is 0.526. The molecule has 4 rings (SSSR count). The van der Waals surface area contributed by atoms with E-state index in [1.54, 1.807) is 47.9 Å². The number of pyridine rings is 1. The number of para-hydroxylation sites is 2. The Kier molecular flexibility index (Phi) is 4.84. The summed E-state index contributed by atoms with van der Waals surface area (Å²) in [5.74, 6) is -1.73. The summed E-state index contributed by atoms with van der Waals surface area (Å²) in [5, 5.41) is 3.80. The van der Waals surface area contributed by atoms with Crippen LogP contribution in [-0.4, -0.2) is 10.5 Å². The summed E-state index contributed by atoms with van der Waals surface area (Å²) in [6, 6.07) is 16.8. The normalized spacial score (nSPS) is 12.2. The van der Waals surface area contributed by atoms with Crippen LogP contribution in [0.2, 0.25) is 0 Å². The maximum Gasteiger partial charge on any atom is 0.240 e. The molecule has 0 aliphatic heterocycles. The minimum absolute atomic E-state index is 0.0472. The molecule has 3 aromatic carbocycles. The Balaban J connectivity index is 1.71. The predicted octanol–water partition coefficient (Wildman–Crippen LogP) is 4.31. The summed E-state index contributed by atoms with van der Waals surface area (Å²) >= 11 is 0. The molecule has 0 fully saturated rings. The van der Waals surface area contributed by atoms with E-state index in [1.165, 1.54) is 6.07 Å². The molecule has 0 saturated heterocycles. The van der Waals surface area contributed by atoms with Crippen molar-refractivity contribution in [2.24, 2.45) is 0 Å². The van der Waals surface area contributed by atoms with Gasteiger partial charge in [-0.1, -0.05) is 30.3 Å². The summed E-state index contributed by atoms with van der Waals surface area (Å²) in [6.07, 6.45) is 0. The van der Waals surface area contributed by atoms with Crippen molar-refractivity contribution in [3.63, 3.8) is 0 Å². The fourth-order valence-corrected chi connectivity index (χ4v) is 3.61. The molecule has 0 bridgehead atoms. The zero-order valence-corrected chi connectivity index (χ0v) is 15.7. The molecule has 4 nitrogen and oxygen atoms in total. The first-order valence-electron chi connectivity index (χ1n) is 9.20. The molecule has 0 saturated carbocycles. The Labute approximate surface area is 165 Å². The maximum absolute atomic E-state index is 14.0. The fourth-order valence-electron chi connectivity index (χ4n) is 3.61. The highest BCUT2D eigenvalue weighted by molar-refractivity contribution is 5.94. The van der Waals surface area contributed by atoms with E-state index in [0.29, 0.717) is 21.8 Å². The molecular formula is C23H18F2N2O2. The average Bonchev–Trinajstić information content (AvgIpc) is 2.71. The summed E-state index contributed by atoms with van der Waals surface area (Å²) in [5.41, 5.74) is 1.41. The topological polar surface area (TPSA) is 51.1 Å². The van der Waals surface area contributed by atoms with E-state index < -0.39 is 17.7 Å². The molecule has 1 atom stereocenters. The lowest BCUT2D eigenvalue weighted by Gasteiger charge is -2.18. The second-order valence-corrected chi connectivity index (χ2v) is 6.90. The monoisotopic (exact) mass is 392 g/mol. The first-order chi connectivity index (χ1) is 14.0. The van der Waals surface area contributed by atoms with Gasteiger partial charge in [0.25, 0.3) is 0 Å². The number of benzene rings is 3. The zero-order valence-electron chi connectivity index (χ0n) is 15.7. The average molecular weight is 392 g/mol. The number of aromatic nitrogens is 1. The lowest BCUT2D eigenvalue weighted by Crippen LogP contribution is -2.31. The molecule has 1 amide bonds. The summed E-state index contributed by atoms with van der Waals surface area (Å²) in [4.78, 5) is 25.5. The predicted molar refractivity (Wildman–Crippen MR) is 109 cm³/mol. The van der Waals surface area contributed by atoms with Crippen molar-refractivity contribution >= 4 is 27.7 Å². The summed E-state index contributed by atoms with van der Waals surface area (Å²) < 4.78 is 28.9. The van der Waals surface area contributed by atoms with Crippen LogP contribution in [0.4, 0.5) is 8.78 Å². The van der Waals surface area contributed by atoms with Crippen LogP contribution in [0.15, 0.2) is 71.5 Å². The molecule has 1 N–H and O–H groups in total.